The maximum Gasteiger partial charge on any atom is 0.256 e. The van der Waals surface area contributed by atoms with E-state index in [1.54, 1.807) is 42.7 Å². The molecule has 168 valence electrons. The van der Waals surface area contributed by atoms with E-state index in [2.05, 4.69) is 30.1 Å². The maximum absolute atomic E-state index is 13.1. The van der Waals surface area contributed by atoms with E-state index in [0.29, 0.717) is 18.8 Å². The van der Waals surface area contributed by atoms with Crippen molar-refractivity contribution in [1.29, 1.82) is 0 Å². The van der Waals surface area contributed by atoms with Crippen molar-refractivity contribution in [1.82, 2.24) is 4.90 Å². The van der Waals surface area contributed by atoms with E-state index >= 15 is 0 Å². The van der Waals surface area contributed by atoms with Crippen molar-refractivity contribution in [3.05, 3.63) is 80.7 Å². The molecule has 1 atom stereocenters. The van der Waals surface area contributed by atoms with Crippen LogP contribution in [0.15, 0.2) is 48.5 Å². The average Bonchev–Trinajstić information content (AvgIpc) is 3.09. The minimum Gasteiger partial charge on any atom is -0.497 e. The second kappa shape index (κ2) is 10.0. The van der Waals surface area contributed by atoms with Crippen molar-refractivity contribution in [3.63, 3.8) is 0 Å². The molecule has 0 radical (unpaired) electrons. The van der Waals surface area contributed by atoms with E-state index in [9.17, 15) is 4.79 Å². The Morgan fingerprint density at radius 3 is 2.47 bits per heavy atom. The summed E-state index contributed by atoms with van der Waals surface area (Å²) in [6.45, 7) is 7.17. The number of nitrogens with one attached hydrogen (secondary N) is 1. The molecule has 1 amide bonds. The van der Waals surface area contributed by atoms with Crippen LogP contribution in [-0.2, 0) is 4.74 Å². The molecule has 1 aliphatic heterocycles. The first kappa shape index (κ1) is 22.8. The largest absolute Gasteiger partial charge is 0.497 e. The van der Waals surface area contributed by atoms with Gasteiger partial charge >= 0.3 is 0 Å². The van der Waals surface area contributed by atoms with Crippen LogP contribution in [0.4, 0.5) is 5.00 Å². The Kier molecular flexibility index (Phi) is 7.16. The third-order valence-corrected chi connectivity index (χ3v) is 7.38. The van der Waals surface area contributed by atoms with Gasteiger partial charge in [0.2, 0.25) is 0 Å². The van der Waals surface area contributed by atoms with Gasteiger partial charge in [0.1, 0.15) is 10.8 Å². The van der Waals surface area contributed by atoms with Crippen LogP contribution in [-0.4, -0.2) is 44.2 Å². The summed E-state index contributed by atoms with van der Waals surface area (Å²) in [5, 5.41) is 4.75. The highest BCUT2D eigenvalue weighted by Gasteiger charge is 2.31. The molecule has 0 saturated carbocycles. The zero-order valence-corrected chi connectivity index (χ0v) is 20.1. The van der Waals surface area contributed by atoms with E-state index in [4.69, 9.17) is 21.1 Å². The number of anilines is 1. The van der Waals surface area contributed by atoms with E-state index in [0.717, 1.165) is 40.0 Å². The second-order valence-electron chi connectivity index (χ2n) is 7.78. The Balaban J connectivity index is 1.74. The number of thiophene rings is 1. The Labute approximate surface area is 197 Å². The number of amides is 1. The number of rotatable bonds is 6. The molecule has 1 saturated heterocycles. The van der Waals surface area contributed by atoms with Gasteiger partial charge in [-0.1, -0.05) is 29.8 Å². The van der Waals surface area contributed by atoms with Crippen LogP contribution >= 0.6 is 22.9 Å². The Morgan fingerprint density at radius 2 is 1.81 bits per heavy atom. The van der Waals surface area contributed by atoms with Gasteiger partial charge in [-0.05, 0) is 55.3 Å². The van der Waals surface area contributed by atoms with Crippen LogP contribution in [0.5, 0.6) is 5.75 Å². The summed E-state index contributed by atoms with van der Waals surface area (Å²) in [6.07, 6.45) is 0. The highest BCUT2D eigenvalue weighted by Crippen LogP contribution is 2.44. The monoisotopic (exact) mass is 470 g/mol. The topological polar surface area (TPSA) is 50.8 Å². The van der Waals surface area contributed by atoms with Crippen molar-refractivity contribution >= 4 is 33.8 Å². The van der Waals surface area contributed by atoms with Gasteiger partial charge in [-0.25, -0.2) is 0 Å². The fourth-order valence-corrected chi connectivity index (χ4v) is 5.38. The van der Waals surface area contributed by atoms with Gasteiger partial charge in [-0.3, -0.25) is 9.69 Å². The SMILES string of the molecule is COc1ccc(C(=O)Nc2sc(C)c(C)c2C(c2ccccc2Cl)N2CCOCC2)cc1. The summed E-state index contributed by atoms with van der Waals surface area (Å²) < 4.78 is 10.8. The summed E-state index contributed by atoms with van der Waals surface area (Å²) in [5.41, 5.74) is 3.90. The van der Waals surface area contributed by atoms with Crippen molar-refractivity contribution in [3.8, 4) is 5.75 Å². The number of aryl methyl sites for hydroxylation is 1. The Morgan fingerprint density at radius 1 is 1.12 bits per heavy atom. The van der Waals surface area contributed by atoms with E-state index < -0.39 is 0 Å². The van der Waals surface area contributed by atoms with Crippen LogP contribution < -0.4 is 10.1 Å². The van der Waals surface area contributed by atoms with Gasteiger partial charge in [-0.2, -0.15) is 0 Å². The Hall–Kier alpha value is -2.38. The number of benzene rings is 2. The number of hydrogen-bond acceptors (Lipinski definition) is 5. The normalized spacial score (nSPS) is 15.4. The third kappa shape index (κ3) is 4.69. The molecule has 0 spiro atoms. The average molecular weight is 471 g/mol. The molecule has 1 aliphatic rings. The summed E-state index contributed by atoms with van der Waals surface area (Å²) in [4.78, 5) is 16.7. The number of halogens is 1. The number of methoxy groups -OCH3 is 1. The van der Waals surface area contributed by atoms with Crippen molar-refractivity contribution in [2.45, 2.75) is 19.9 Å². The number of carbonyl (C=O) groups is 1. The highest BCUT2D eigenvalue weighted by molar-refractivity contribution is 7.16. The number of carbonyl (C=O) groups excluding carboxylic acids is 1. The molecule has 0 bridgehead atoms. The number of morpholine rings is 1. The molecule has 1 unspecified atom stereocenters. The van der Waals surface area contributed by atoms with E-state index in [-0.39, 0.29) is 11.9 Å². The minimum absolute atomic E-state index is 0.0660. The van der Waals surface area contributed by atoms with Crippen molar-refractivity contribution in [2.75, 3.05) is 38.7 Å². The van der Waals surface area contributed by atoms with Crippen molar-refractivity contribution in [2.24, 2.45) is 0 Å². The standard InChI is InChI=1S/C25H27ClN2O3S/c1-16-17(2)32-25(27-24(29)18-8-10-19(30-3)11-9-18)22(16)23(28-12-14-31-15-13-28)20-6-4-5-7-21(20)26/h4-11,23H,12-15H2,1-3H3,(H,27,29). The van der Waals surface area contributed by atoms with Crippen LogP contribution in [0.1, 0.15) is 38.0 Å². The van der Waals surface area contributed by atoms with Crippen LogP contribution in [0.2, 0.25) is 5.02 Å². The molecule has 32 heavy (non-hydrogen) atoms. The molecule has 7 heteroatoms. The zero-order chi connectivity index (χ0) is 22.7. The summed E-state index contributed by atoms with van der Waals surface area (Å²) in [6, 6.07) is 15.0. The maximum atomic E-state index is 13.1. The molecule has 1 aromatic heterocycles. The van der Waals surface area contributed by atoms with Gasteiger partial charge in [-0.15, -0.1) is 11.3 Å². The number of ether oxygens (including phenoxy) is 2. The summed E-state index contributed by atoms with van der Waals surface area (Å²) >= 11 is 8.28. The lowest BCUT2D eigenvalue weighted by Gasteiger charge is -2.36. The smallest absolute Gasteiger partial charge is 0.256 e. The lowest BCUT2D eigenvalue weighted by molar-refractivity contribution is 0.0240. The first-order valence-corrected chi connectivity index (χ1v) is 11.8. The molecule has 5 nitrogen and oxygen atoms in total. The van der Waals surface area contributed by atoms with E-state index in [1.165, 1.54) is 10.4 Å². The van der Waals surface area contributed by atoms with Crippen LogP contribution in [0.25, 0.3) is 0 Å². The predicted octanol–water partition coefficient (Wildman–Crippen LogP) is 5.70. The quantitative estimate of drug-likeness (QED) is 0.502. The second-order valence-corrected chi connectivity index (χ2v) is 9.41. The van der Waals surface area contributed by atoms with Crippen LogP contribution in [0, 0.1) is 13.8 Å². The third-order valence-electron chi connectivity index (χ3n) is 5.90. The fourth-order valence-electron chi connectivity index (χ4n) is 4.05. The zero-order valence-electron chi connectivity index (χ0n) is 18.5. The van der Waals surface area contributed by atoms with Gasteiger partial charge in [0.25, 0.3) is 5.91 Å². The summed E-state index contributed by atoms with van der Waals surface area (Å²) in [7, 11) is 1.61. The molecule has 1 fully saturated rings. The van der Waals surface area contributed by atoms with Gasteiger partial charge in [0, 0.05) is 34.1 Å². The molecule has 2 aromatic carbocycles. The van der Waals surface area contributed by atoms with Gasteiger partial charge < -0.3 is 14.8 Å². The predicted molar refractivity (Wildman–Crippen MR) is 130 cm³/mol. The molecule has 1 N–H and O–H groups in total. The molecular formula is C25H27ClN2O3S. The lowest BCUT2D eigenvalue weighted by Crippen LogP contribution is -2.40. The van der Waals surface area contributed by atoms with Gasteiger partial charge in [0.05, 0.1) is 26.4 Å². The number of nitrogens with zero attached hydrogens (tertiary/aromatic N) is 1. The molecular weight excluding hydrogens is 444 g/mol. The fraction of sp³-hybridized carbons (Fsp3) is 0.320. The highest BCUT2D eigenvalue weighted by atomic mass is 35.5. The molecule has 2 heterocycles. The molecule has 3 aromatic rings. The molecule has 4 rings (SSSR count). The minimum atomic E-state index is -0.143. The lowest BCUT2D eigenvalue weighted by atomic mass is 9.94. The summed E-state index contributed by atoms with van der Waals surface area (Å²) in [5.74, 6) is 0.575. The first-order valence-electron chi connectivity index (χ1n) is 10.6. The first-order chi connectivity index (χ1) is 15.5. The van der Waals surface area contributed by atoms with Crippen LogP contribution in [0.3, 0.4) is 0 Å². The number of hydrogen-bond donors (Lipinski definition) is 1. The van der Waals surface area contributed by atoms with Gasteiger partial charge in [0.15, 0.2) is 0 Å². The molecule has 0 aliphatic carbocycles. The Bertz CT molecular complexity index is 1090. The van der Waals surface area contributed by atoms with Crippen molar-refractivity contribution < 1.29 is 14.3 Å². The van der Waals surface area contributed by atoms with E-state index in [1.807, 2.05) is 18.2 Å².